The first kappa shape index (κ1) is 21.5. The molecule has 0 fully saturated rings. The highest BCUT2D eigenvalue weighted by Gasteiger charge is 2.15. The van der Waals surface area contributed by atoms with E-state index in [0.29, 0.717) is 17.7 Å². The van der Waals surface area contributed by atoms with Crippen molar-refractivity contribution in [3.63, 3.8) is 0 Å². The summed E-state index contributed by atoms with van der Waals surface area (Å²) in [7, 11) is 0. The van der Waals surface area contributed by atoms with Crippen molar-refractivity contribution in [3.05, 3.63) is 115 Å². The molecule has 33 heavy (non-hydrogen) atoms. The molecular weight excluding hydrogens is 420 g/mol. The molecule has 0 radical (unpaired) electrons. The van der Waals surface area contributed by atoms with Gasteiger partial charge in [-0.2, -0.15) is 5.26 Å². The molecular formula is C25H18N4O4. The number of nitriles is 1. The van der Waals surface area contributed by atoms with Gasteiger partial charge in [0.25, 0.3) is 11.4 Å². The molecule has 8 heteroatoms. The van der Waals surface area contributed by atoms with Crippen LogP contribution in [0.5, 0.6) is 0 Å². The highest BCUT2D eigenvalue weighted by Crippen LogP contribution is 2.31. The number of nitrogens with zero attached hydrogens (tertiary/aromatic N) is 4. The number of nitro benzene ring substituents is 2. The third kappa shape index (κ3) is 4.20. The molecule has 0 aliphatic heterocycles. The molecule has 0 atom stereocenters. The van der Waals surface area contributed by atoms with E-state index in [-0.39, 0.29) is 11.4 Å². The maximum atomic E-state index is 11.1. The summed E-state index contributed by atoms with van der Waals surface area (Å²) in [4.78, 5) is 21.2. The maximum absolute atomic E-state index is 11.1. The summed E-state index contributed by atoms with van der Waals surface area (Å²) in [5.74, 6) is 0. The Kier molecular flexibility index (Phi) is 5.70. The normalized spacial score (nSPS) is 11.3. The first-order chi connectivity index (χ1) is 15.9. The fraction of sp³-hybridized carbons (Fsp3) is 0.0800. The molecule has 1 aromatic heterocycles. The minimum atomic E-state index is -0.486. The smallest absolute Gasteiger partial charge is 0.270 e. The minimum absolute atomic E-state index is 0.0343. The second-order valence-corrected chi connectivity index (χ2v) is 7.50. The molecule has 1 heterocycles. The lowest BCUT2D eigenvalue weighted by Crippen LogP contribution is -2.02. The maximum Gasteiger partial charge on any atom is 0.270 e. The van der Waals surface area contributed by atoms with Gasteiger partial charge in [-0.25, -0.2) is 0 Å². The van der Waals surface area contributed by atoms with Gasteiger partial charge in [0.05, 0.1) is 21.5 Å². The van der Waals surface area contributed by atoms with Gasteiger partial charge in [-0.15, -0.1) is 0 Å². The van der Waals surface area contributed by atoms with Crippen molar-refractivity contribution in [1.29, 1.82) is 5.26 Å². The van der Waals surface area contributed by atoms with Gasteiger partial charge in [0.2, 0.25) is 0 Å². The Morgan fingerprint density at radius 2 is 1.67 bits per heavy atom. The number of non-ortho nitro benzene ring substituents is 2. The molecule has 0 aliphatic carbocycles. The second-order valence-electron chi connectivity index (χ2n) is 7.50. The summed E-state index contributed by atoms with van der Waals surface area (Å²) in [6.07, 6.45) is 1.75. The van der Waals surface area contributed by atoms with Gasteiger partial charge < -0.3 is 4.57 Å². The van der Waals surface area contributed by atoms with Crippen LogP contribution in [-0.2, 0) is 6.54 Å². The number of hydrogen-bond acceptors (Lipinski definition) is 5. The zero-order valence-corrected chi connectivity index (χ0v) is 17.6. The fourth-order valence-corrected chi connectivity index (χ4v) is 3.86. The molecule has 0 spiro atoms. The van der Waals surface area contributed by atoms with E-state index in [4.69, 9.17) is 0 Å². The van der Waals surface area contributed by atoms with Crippen molar-refractivity contribution in [2.24, 2.45) is 0 Å². The number of allylic oxidation sites excluding steroid dienone is 1. The topological polar surface area (TPSA) is 115 Å². The number of benzene rings is 3. The van der Waals surface area contributed by atoms with Crippen LogP contribution in [0.15, 0.2) is 72.8 Å². The minimum Gasteiger partial charge on any atom is -0.340 e. The zero-order valence-electron chi connectivity index (χ0n) is 17.6. The number of nitro groups is 2. The predicted octanol–water partition coefficient (Wildman–Crippen LogP) is 5.88. The number of aromatic nitrogens is 1. The van der Waals surface area contributed by atoms with Gasteiger partial charge in [-0.3, -0.25) is 20.2 Å². The molecule has 4 aromatic rings. The van der Waals surface area contributed by atoms with Crippen LogP contribution in [0.25, 0.3) is 22.6 Å². The van der Waals surface area contributed by atoms with Crippen LogP contribution in [-0.4, -0.2) is 14.4 Å². The van der Waals surface area contributed by atoms with Crippen molar-refractivity contribution in [2.45, 2.75) is 13.5 Å². The van der Waals surface area contributed by atoms with Crippen molar-refractivity contribution < 1.29 is 9.85 Å². The van der Waals surface area contributed by atoms with Crippen LogP contribution in [0.4, 0.5) is 11.4 Å². The number of rotatable bonds is 6. The summed E-state index contributed by atoms with van der Waals surface area (Å²) in [6.45, 7) is 2.44. The Labute approximate surface area is 188 Å². The Morgan fingerprint density at radius 3 is 2.33 bits per heavy atom. The van der Waals surface area contributed by atoms with Crippen molar-refractivity contribution in [2.75, 3.05) is 0 Å². The van der Waals surface area contributed by atoms with Gasteiger partial charge in [-0.05, 0) is 30.2 Å². The van der Waals surface area contributed by atoms with Crippen LogP contribution in [0.2, 0.25) is 0 Å². The monoisotopic (exact) mass is 438 g/mol. The van der Waals surface area contributed by atoms with E-state index in [9.17, 15) is 25.5 Å². The van der Waals surface area contributed by atoms with Gasteiger partial charge in [-0.1, -0.05) is 42.5 Å². The molecule has 162 valence electrons. The summed E-state index contributed by atoms with van der Waals surface area (Å²) < 4.78 is 2.09. The molecule has 0 aliphatic rings. The molecule has 8 nitrogen and oxygen atoms in total. The molecule has 0 unspecified atom stereocenters. The summed E-state index contributed by atoms with van der Waals surface area (Å²) in [6, 6.07) is 22.4. The lowest BCUT2D eigenvalue weighted by molar-refractivity contribution is -0.385. The van der Waals surface area contributed by atoms with Crippen LogP contribution in [0.1, 0.15) is 22.4 Å². The highest BCUT2D eigenvalue weighted by molar-refractivity contribution is 5.99. The number of hydrogen-bond donors (Lipinski definition) is 0. The lowest BCUT2D eigenvalue weighted by atomic mass is 10.0. The quantitative estimate of drug-likeness (QED) is 0.212. The summed E-state index contributed by atoms with van der Waals surface area (Å²) in [5.41, 5.74) is 4.36. The Hall–Kier alpha value is -4.77. The van der Waals surface area contributed by atoms with Crippen molar-refractivity contribution in [3.8, 4) is 6.07 Å². The molecule has 3 aromatic carbocycles. The third-order valence-corrected chi connectivity index (χ3v) is 5.54. The predicted molar refractivity (Wildman–Crippen MR) is 125 cm³/mol. The summed E-state index contributed by atoms with van der Waals surface area (Å²) >= 11 is 0. The SMILES string of the molecule is Cc1c(/C=C(/C#N)c2cccc([N+](=O)[O-])c2)c2ccccc2n1Cc1ccc([N+](=O)[O-])cc1. The molecule has 0 saturated heterocycles. The Balaban J connectivity index is 1.81. The molecule has 0 amide bonds. The van der Waals surface area contributed by atoms with E-state index in [2.05, 4.69) is 10.6 Å². The molecule has 0 N–H and O–H groups in total. The van der Waals surface area contributed by atoms with Crippen molar-refractivity contribution >= 4 is 33.9 Å². The Morgan fingerprint density at radius 1 is 0.970 bits per heavy atom. The van der Waals surface area contributed by atoms with Crippen molar-refractivity contribution in [1.82, 2.24) is 4.57 Å². The number of para-hydroxylation sites is 1. The first-order valence-electron chi connectivity index (χ1n) is 10.1. The third-order valence-electron chi connectivity index (χ3n) is 5.54. The van der Waals surface area contributed by atoms with E-state index in [1.165, 1.54) is 24.3 Å². The average Bonchev–Trinajstić information content (AvgIpc) is 3.08. The highest BCUT2D eigenvalue weighted by atomic mass is 16.6. The van der Waals surface area contributed by atoms with E-state index in [0.717, 1.165) is 27.7 Å². The zero-order chi connectivity index (χ0) is 23.5. The molecule has 0 saturated carbocycles. The van der Waals surface area contributed by atoms with E-state index in [1.54, 1.807) is 30.3 Å². The van der Waals surface area contributed by atoms with Gasteiger partial charge in [0.1, 0.15) is 0 Å². The Bertz CT molecular complexity index is 1460. The summed E-state index contributed by atoms with van der Waals surface area (Å²) in [5, 5.41) is 32.8. The molecule has 4 rings (SSSR count). The molecule has 0 bridgehead atoms. The van der Waals surface area contributed by atoms with Crippen LogP contribution in [0, 0.1) is 38.5 Å². The van der Waals surface area contributed by atoms with E-state index >= 15 is 0 Å². The fourth-order valence-electron chi connectivity index (χ4n) is 3.86. The van der Waals surface area contributed by atoms with Crippen LogP contribution in [0.3, 0.4) is 0 Å². The number of fused-ring (bicyclic) bond motifs is 1. The largest absolute Gasteiger partial charge is 0.340 e. The van der Waals surface area contributed by atoms with Crippen LogP contribution < -0.4 is 0 Å². The van der Waals surface area contributed by atoms with E-state index in [1.807, 2.05) is 31.2 Å². The first-order valence-corrected chi connectivity index (χ1v) is 10.1. The van der Waals surface area contributed by atoms with Crippen LogP contribution >= 0.6 is 0 Å². The second kappa shape index (κ2) is 8.77. The average molecular weight is 438 g/mol. The van der Waals surface area contributed by atoms with Gasteiger partial charge >= 0.3 is 0 Å². The standard InChI is InChI=1S/C25H18N4O4/c1-17-24(14-20(15-26)19-5-4-6-22(13-19)29(32)33)23-7-2-3-8-25(23)27(17)16-18-9-11-21(12-10-18)28(30)31/h2-14H,16H2,1H3/b20-14-. The van der Waals surface area contributed by atoms with E-state index < -0.39 is 9.85 Å². The van der Waals surface area contributed by atoms with Gasteiger partial charge in [0.15, 0.2) is 0 Å². The lowest BCUT2D eigenvalue weighted by Gasteiger charge is -2.09. The van der Waals surface area contributed by atoms with Gasteiger partial charge in [0, 0.05) is 53.0 Å².